The van der Waals surface area contributed by atoms with E-state index in [0.717, 1.165) is 10.9 Å². The van der Waals surface area contributed by atoms with Gasteiger partial charge < -0.3 is 5.32 Å². The number of benzene rings is 2. The minimum atomic E-state index is -0.463. The van der Waals surface area contributed by atoms with Crippen LogP contribution in [0.15, 0.2) is 59.1 Å². The molecule has 0 aliphatic carbocycles. The second-order valence-corrected chi connectivity index (χ2v) is 5.32. The van der Waals surface area contributed by atoms with Crippen molar-refractivity contribution in [3.8, 4) is 0 Å². The van der Waals surface area contributed by atoms with Crippen LogP contribution in [0.2, 0.25) is 0 Å². The lowest BCUT2D eigenvalue weighted by molar-refractivity contribution is 0.102. The molecule has 1 heterocycles. The van der Waals surface area contributed by atoms with E-state index in [1.54, 1.807) is 6.07 Å². The predicted octanol–water partition coefficient (Wildman–Crippen LogP) is 4.39. The monoisotopic (exact) mass is 344 g/mol. The van der Waals surface area contributed by atoms with Gasteiger partial charge in [-0.1, -0.05) is 18.2 Å². The Morgan fingerprint density at radius 3 is 2.76 bits per heavy atom. The predicted molar refractivity (Wildman–Crippen MR) is 83.8 cm³/mol. The van der Waals surface area contributed by atoms with E-state index >= 15 is 0 Å². The van der Waals surface area contributed by atoms with Crippen LogP contribution in [0.5, 0.6) is 0 Å². The number of aromatic nitrogens is 1. The first-order chi connectivity index (χ1) is 10.1. The standard InChI is InChI=1S/C16H10BrFN2O/c17-13-7-6-11(18)9-12(13)16(21)20-15-8-5-10-3-1-2-4-14(10)19-15/h1-9H,(H,19,20,21). The van der Waals surface area contributed by atoms with Gasteiger partial charge in [0.15, 0.2) is 0 Å². The van der Waals surface area contributed by atoms with Gasteiger partial charge in [0.2, 0.25) is 0 Å². The van der Waals surface area contributed by atoms with E-state index in [9.17, 15) is 9.18 Å². The van der Waals surface area contributed by atoms with Crippen molar-refractivity contribution in [3.63, 3.8) is 0 Å². The molecule has 5 heteroatoms. The molecule has 1 aromatic heterocycles. The van der Waals surface area contributed by atoms with E-state index in [2.05, 4.69) is 26.2 Å². The summed E-state index contributed by atoms with van der Waals surface area (Å²) in [7, 11) is 0. The van der Waals surface area contributed by atoms with Crippen LogP contribution < -0.4 is 5.32 Å². The maximum Gasteiger partial charge on any atom is 0.258 e. The van der Waals surface area contributed by atoms with E-state index in [0.29, 0.717) is 10.3 Å². The third-order valence-corrected chi connectivity index (χ3v) is 3.70. The molecule has 0 spiro atoms. The number of anilines is 1. The molecule has 0 unspecified atom stereocenters. The average Bonchev–Trinajstić information content (AvgIpc) is 2.49. The van der Waals surface area contributed by atoms with Crippen LogP contribution in [-0.4, -0.2) is 10.9 Å². The normalized spacial score (nSPS) is 10.6. The number of rotatable bonds is 2. The summed E-state index contributed by atoms with van der Waals surface area (Å²) < 4.78 is 13.8. The zero-order valence-corrected chi connectivity index (χ0v) is 12.4. The van der Waals surface area contributed by atoms with Gasteiger partial charge in [0.1, 0.15) is 11.6 Å². The van der Waals surface area contributed by atoms with Crippen molar-refractivity contribution < 1.29 is 9.18 Å². The summed E-state index contributed by atoms with van der Waals surface area (Å²) in [6.45, 7) is 0. The molecule has 0 atom stereocenters. The number of hydrogen-bond acceptors (Lipinski definition) is 2. The van der Waals surface area contributed by atoms with Crippen LogP contribution in [-0.2, 0) is 0 Å². The lowest BCUT2D eigenvalue weighted by atomic mass is 10.2. The van der Waals surface area contributed by atoms with Crippen LogP contribution in [0.4, 0.5) is 10.2 Å². The molecule has 0 aliphatic heterocycles. The lowest BCUT2D eigenvalue weighted by Crippen LogP contribution is -2.13. The Hall–Kier alpha value is -2.27. The number of halogens is 2. The summed E-state index contributed by atoms with van der Waals surface area (Å²) in [5.74, 6) is -0.450. The van der Waals surface area contributed by atoms with Crippen molar-refractivity contribution in [1.29, 1.82) is 0 Å². The quantitative estimate of drug-likeness (QED) is 0.749. The fraction of sp³-hybridized carbons (Fsp3) is 0. The van der Waals surface area contributed by atoms with Crippen molar-refractivity contribution in [1.82, 2.24) is 4.98 Å². The highest BCUT2D eigenvalue weighted by molar-refractivity contribution is 9.10. The van der Waals surface area contributed by atoms with Gasteiger partial charge in [-0.15, -0.1) is 0 Å². The molecule has 0 aliphatic rings. The number of nitrogens with one attached hydrogen (secondary N) is 1. The number of hydrogen-bond donors (Lipinski definition) is 1. The number of para-hydroxylation sites is 1. The molecule has 1 amide bonds. The molecule has 3 aromatic rings. The molecule has 21 heavy (non-hydrogen) atoms. The van der Waals surface area contributed by atoms with Crippen molar-refractivity contribution in [2.45, 2.75) is 0 Å². The van der Waals surface area contributed by atoms with Gasteiger partial charge in [0, 0.05) is 9.86 Å². The molecule has 0 saturated heterocycles. The highest BCUT2D eigenvalue weighted by Crippen LogP contribution is 2.20. The number of fused-ring (bicyclic) bond motifs is 1. The fourth-order valence-corrected chi connectivity index (χ4v) is 2.42. The van der Waals surface area contributed by atoms with Gasteiger partial charge in [-0.25, -0.2) is 9.37 Å². The minimum absolute atomic E-state index is 0.227. The van der Waals surface area contributed by atoms with E-state index in [-0.39, 0.29) is 5.56 Å². The summed E-state index contributed by atoms with van der Waals surface area (Å²) in [6.07, 6.45) is 0. The van der Waals surface area contributed by atoms with Crippen LogP contribution in [0.1, 0.15) is 10.4 Å². The molecule has 0 bridgehead atoms. The zero-order valence-electron chi connectivity index (χ0n) is 10.8. The third kappa shape index (κ3) is 2.92. The van der Waals surface area contributed by atoms with Crippen molar-refractivity contribution in [2.75, 3.05) is 5.32 Å². The van der Waals surface area contributed by atoms with E-state index in [4.69, 9.17) is 0 Å². The maximum absolute atomic E-state index is 13.2. The first-order valence-corrected chi connectivity index (χ1v) is 7.05. The molecule has 0 radical (unpaired) electrons. The molecule has 0 fully saturated rings. The summed E-state index contributed by atoms with van der Waals surface area (Å²) in [5, 5.41) is 3.66. The summed E-state index contributed by atoms with van der Waals surface area (Å²) in [5.41, 5.74) is 1.01. The van der Waals surface area contributed by atoms with Gasteiger partial charge >= 0.3 is 0 Å². The van der Waals surface area contributed by atoms with Crippen LogP contribution in [0, 0.1) is 5.82 Å². The zero-order chi connectivity index (χ0) is 14.8. The van der Waals surface area contributed by atoms with Crippen LogP contribution in [0.25, 0.3) is 10.9 Å². The number of nitrogens with zero attached hydrogens (tertiary/aromatic N) is 1. The van der Waals surface area contributed by atoms with Gasteiger partial charge in [-0.2, -0.15) is 0 Å². The highest BCUT2D eigenvalue weighted by Gasteiger charge is 2.12. The summed E-state index contributed by atoms with van der Waals surface area (Å²) in [6, 6.07) is 15.2. The smallest absolute Gasteiger partial charge is 0.258 e. The molecule has 2 aromatic carbocycles. The second kappa shape index (κ2) is 5.61. The number of carbonyl (C=O) groups is 1. The van der Waals surface area contributed by atoms with Gasteiger partial charge in [-0.3, -0.25) is 4.79 Å². The Labute approximate surface area is 128 Å². The first-order valence-electron chi connectivity index (χ1n) is 6.26. The Morgan fingerprint density at radius 2 is 1.90 bits per heavy atom. The molecule has 1 N–H and O–H groups in total. The Morgan fingerprint density at radius 1 is 1.10 bits per heavy atom. The molecule has 3 rings (SSSR count). The lowest BCUT2D eigenvalue weighted by Gasteiger charge is -2.07. The SMILES string of the molecule is O=C(Nc1ccc2ccccc2n1)c1cc(F)ccc1Br. The minimum Gasteiger partial charge on any atom is -0.307 e. The number of amides is 1. The Bertz CT molecular complexity index is 835. The van der Waals surface area contributed by atoms with E-state index in [1.807, 2.05) is 30.3 Å². The molecular formula is C16H10BrFN2O. The number of carbonyl (C=O) groups excluding carboxylic acids is 1. The highest BCUT2D eigenvalue weighted by atomic mass is 79.9. The van der Waals surface area contributed by atoms with Crippen LogP contribution in [0.3, 0.4) is 0 Å². The molecule has 0 saturated carbocycles. The summed E-state index contributed by atoms with van der Waals surface area (Å²) >= 11 is 3.24. The fourth-order valence-electron chi connectivity index (χ4n) is 1.99. The molecule has 3 nitrogen and oxygen atoms in total. The van der Waals surface area contributed by atoms with E-state index < -0.39 is 11.7 Å². The van der Waals surface area contributed by atoms with Gasteiger partial charge in [-0.05, 0) is 52.3 Å². The van der Waals surface area contributed by atoms with Crippen LogP contribution >= 0.6 is 15.9 Å². The Balaban J connectivity index is 1.90. The van der Waals surface area contributed by atoms with Gasteiger partial charge in [0.05, 0.1) is 11.1 Å². The Kier molecular flexibility index (Phi) is 3.66. The summed E-state index contributed by atoms with van der Waals surface area (Å²) in [4.78, 5) is 16.5. The van der Waals surface area contributed by atoms with Crippen molar-refractivity contribution in [2.24, 2.45) is 0 Å². The van der Waals surface area contributed by atoms with Crippen molar-refractivity contribution in [3.05, 3.63) is 70.5 Å². The second-order valence-electron chi connectivity index (χ2n) is 4.47. The molecular weight excluding hydrogens is 335 g/mol. The third-order valence-electron chi connectivity index (χ3n) is 3.01. The topological polar surface area (TPSA) is 42.0 Å². The molecule has 104 valence electrons. The van der Waals surface area contributed by atoms with Gasteiger partial charge in [0.25, 0.3) is 5.91 Å². The maximum atomic E-state index is 13.2. The van der Waals surface area contributed by atoms with E-state index in [1.165, 1.54) is 18.2 Å². The van der Waals surface area contributed by atoms with Crippen molar-refractivity contribution >= 4 is 38.6 Å². The first kappa shape index (κ1) is 13.7. The largest absolute Gasteiger partial charge is 0.307 e. The number of pyridine rings is 1. The average molecular weight is 345 g/mol.